The van der Waals surface area contributed by atoms with Gasteiger partial charge in [-0.15, -0.1) is 10.2 Å². The van der Waals surface area contributed by atoms with Crippen molar-refractivity contribution < 1.29 is 14.3 Å². The molecule has 2 amide bonds. The van der Waals surface area contributed by atoms with Gasteiger partial charge in [-0.3, -0.25) is 14.9 Å². The van der Waals surface area contributed by atoms with Crippen molar-refractivity contribution in [2.45, 2.75) is 17.8 Å². The lowest BCUT2D eigenvalue weighted by molar-refractivity contribution is -0.118. The van der Waals surface area contributed by atoms with Crippen molar-refractivity contribution in [3.63, 3.8) is 0 Å². The van der Waals surface area contributed by atoms with Crippen molar-refractivity contribution in [3.8, 4) is 5.75 Å². The molecule has 2 N–H and O–H groups in total. The number of carbonyl (C=O) groups is 2. The third-order valence-electron chi connectivity index (χ3n) is 3.82. The van der Waals surface area contributed by atoms with Gasteiger partial charge in [0.2, 0.25) is 11.0 Å². The zero-order valence-electron chi connectivity index (χ0n) is 16.1. The monoisotopic (exact) mass is 462 g/mol. The first-order valence-corrected chi connectivity index (χ1v) is 11.2. The Labute approximate surface area is 187 Å². The predicted molar refractivity (Wildman–Crippen MR) is 119 cm³/mol. The van der Waals surface area contributed by atoms with Crippen LogP contribution in [0.15, 0.2) is 52.9 Å². The maximum Gasteiger partial charge on any atom is 0.257 e. The minimum Gasteiger partial charge on any atom is -0.494 e. The summed E-state index contributed by atoms with van der Waals surface area (Å²) in [6.45, 7) is 2.82. The number of carbonyl (C=O) groups excluding carboxylic acids is 2. The Morgan fingerprint density at radius 1 is 1.13 bits per heavy atom. The Morgan fingerprint density at radius 3 is 2.63 bits per heavy atom. The molecule has 1 heterocycles. The smallest absolute Gasteiger partial charge is 0.257 e. The normalized spacial score (nSPS) is 10.5. The first kappa shape index (κ1) is 22.1. The lowest BCUT2D eigenvalue weighted by Gasteiger charge is -2.06. The molecule has 0 spiro atoms. The molecule has 0 aliphatic rings. The van der Waals surface area contributed by atoms with E-state index in [1.807, 2.05) is 25.1 Å². The van der Waals surface area contributed by atoms with E-state index in [2.05, 4.69) is 20.8 Å². The standard InChI is InChI=1S/C20H19ClN4O3S2/c1-2-28-15-9-7-13(8-10-15)18(27)23-19-24-25-20(30-19)29-12-17(26)22-11-14-5-3-4-6-16(14)21/h3-10H,2,11-12H2,1H3,(H,22,26)(H,23,24,27). The minimum absolute atomic E-state index is 0.143. The van der Waals surface area contributed by atoms with E-state index in [9.17, 15) is 9.59 Å². The van der Waals surface area contributed by atoms with E-state index in [1.54, 1.807) is 30.3 Å². The van der Waals surface area contributed by atoms with Gasteiger partial charge in [0.15, 0.2) is 4.34 Å². The second-order valence-electron chi connectivity index (χ2n) is 5.94. The minimum atomic E-state index is -0.289. The largest absolute Gasteiger partial charge is 0.494 e. The molecule has 156 valence electrons. The number of hydrogen-bond acceptors (Lipinski definition) is 7. The highest BCUT2D eigenvalue weighted by Crippen LogP contribution is 2.26. The molecule has 0 fully saturated rings. The molecule has 0 saturated carbocycles. The maximum absolute atomic E-state index is 12.3. The summed E-state index contributed by atoms with van der Waals surface area (Å²) in [6.07, 6.45) is 0. The van der Waals surface area contributed by atoms with Crippen LogP contribution in [-0.4, -0.2) is 34.4 Å². The van der Waals surface area contributed by atoms with Crippen molar-refractivity contribution in [1.82, 2.24) is 15.5 Å². The average molecular weight is 463 g/mol. The molecular weight excluding hydrogens is 444 g/mol. The highest BCUT2D eigenvalue weighted by atomic mass is 35.5. The van der Waals surface area contributed by atoms with Crippen LogP contribution in [0.25, 0.3) is 0 Å². The van der Waals surface area contributed by atoms with Crippen molar-refractivity contribution in [2.75, 3.05) is 17.7 Å². The van der Waals surface area contributed by atoms with Gasteiger partial charge in [0.05, 0.1) is 12.4 Å². The summed E-state index contributed by atoms with van der Waals surface area (Å²) in [5, 5.41) is 14.5. The second kappa shape index (κ2) is 11.0. The van der Waals surface area contributed by atoms with Crippen molar-refractivity contribution in [2.24, 2.45) is 0 Å². The van der Waals surface area contributed by atoms with Crippen LogP contribution in [0.4, 0.5) is 5.13 Å². The maximum atomic E-state index is 12.3. The predicted octanol–water partition coefficient (Wildman–Crippen LogP) is 4.25. The quantitative estimate of drug-likeness (QED) is 0.364. The fraction of sp³-hybridized carbons (Fsp3) is 0.200. The van der Waals surface area contributed by atoms with Crippen LogP contribution in [0.1, 0.15) is 22.8 Å². The first-order valence-electron chi connectivity index (χ1n) is 9.05. The number of halogens is 1. The van der Waals surface area contributed by atoms with E-state index in [0.29, 0.717) is 39.0 Å². The van der Waals surface area contributed by atoms with Gasteiger partial charge < -0.3 is 10.1 Å². The number of benzene rings is 2. The molecule has 1 aromatic heterocycles. The van der Waals surface area contributed by atoms with Gasteiger partial charge in [-0.2, -0.15) is 0 Å². The summed E-state index contributed by atoms with van der Waals surface area (Å²) in [5.74, 6) is 0.459. The molecule has 0 unspecified atom stereocenters. The summed E-state index contributed by atoms with van der Waals surface area (Å²) in [4.78, 5) is 24.4. The third-order valence-corrected chi connectivity index (χ3v) is 6.16. The molecule has 3 rings (SSSR count). The number of thioether (sulfide) groups is 1. The van der Waals surface area contributed by atoms with Crippen LogP contribution >= 0.6 is 34.7 Å². The topological polar surface area (TPSA) is 93.2 Å². The van der Waals surface area contributed by atoms with E-state index < -0.39 is 0 Å². The first-order chi connectivity index (χ1) is 14.5. The molecule has 7 nitrogen and oxygen atoms in total. The van der Waals surface area contributed by atoms with E-state index in [-0.39, 0.29) is 17.6 Å². The van der Waals surface area contributed by atoms with Crippen LogP contribution in [0.3, 0.4) is 0 Å². The van der Waals surface area contributed by atoms with E-state index in [1.165, 1.54) is 23.1 Å². The summed E-state index contributed by atoms with van der Waals surface area (Å²) in [7, 11) is 0. The average Bonchev–Trinajstić information content (AvgIpc) is 3.19. The lowest BCUT2D eigenvalue weighted by Crippen LogP contribution is -2.24. The van der Waals surface area contributed by atoms with E-state index >= 15 is 0 Å². The van der Waals surface area contributed by atoms with Crippen molar-refractivity contribution >= 4 is 51.6 Å². The Hall–Kier alpha value is -2.62. The fourth-order valence-corrected chi connectivity index (χ4v) is 4.15. The molecule has 0 aliphatic carbocycles. The summed E-state index contributed by atoms with van der Waals surface area (Å²) >= 11 is 8.54. The van der Waals surface area contributed by atoms with Crippen LogP contribution < -0.4 is 15.4 Å². The molecule has 2 aromatic carbocycles. The van der Waals surface area contributed by atoms with Crippen LogP contribution in [-0.2, 0) is 11.3 Å². The van der Waals surface area contributed by atoms with Gasteiger partial charge in [0, 0.05) is 17.1 Å². The van der Waals surface area contributed by atoms with Crippen molar-refractivity contribution in [1.29, 1.82) is 0 Å². The molecule has 0 saturated heterocycles. The second-order valence-corrected chi connectivity index (χ2v) is 8.55. The number of rotatable bonds is 9. The van der Waals surface area contributed by atoms with E-state index in [0.717, 1.165) is 5.56 Å². The highest BCUT2D eigenvalue weighted by Gasteiger charge is 2.12. The van der Waals surface area contributed by atoms with Gasteiger partial charge in [0.25, 0.3) is 5.91 Å². The summed E-state index contributed by atoms with van der Waals surface area (Å²) in [5.41, 5.74) is 1.34. The fourth-order valence-electron chi connectivity index (χ4n) is 2.37. The molecule has 0 radical (unpaired) electrons. The molecular formula is C20H19ClN4O3S2. The Balaban J connectivity index is 1.45. The molecule has 30 heavy (non-hydrogen) atoms. The Bertz CT molecular complexity index is 1010. The Morgan fingerprint density at radius 2 is 1.90 bits per heavy atom. The number of anilines is 1. The zero-order chi connectivity index (χ0) is 21.3. The number of hydrogen-bond donors (Lipinski definition) is 2. The van der Waals surface area contributed by atoms with Crippen molar-refractivity contribution in [3.05, 3.63) is 64.7 Å². The molecule has 0 atom stereocenters. The molecule has 3 aromatic rings. The van der Waals surface area contributed by atoms with Gasteiger partial charge >= 0.3 is 0 Å². The van der Waals surface area contributed by atoms with Gasteiger partial charge in [-0.05, 0) is 42.8 Å². The summed E-state index contributed by atoms with van der Waals surface area (Å²) in [6, 6.07) is 14.2. The number of ether oxygens (including phenoxy) is 1. The van der Waals surface area contributed by atoms with Crippen LogP contribution in [0.5, 0.6) is 5.75 Å². The zero-order valence-corrected chi connectivity index (χ0v) is 18.4. The van der Waals surface area contributed by atoms with Gasteiger partial charge in [-0.25, -0.2) is 0 Å². The van der Waals surface area contributed by atoms with Gasteiger partial charge in [-0.1, -0.05) is 52.9 Å². The third kappa shape index (κ3) is 6.45. The number of nitrogens with zero attached hydrogens (tertiary/aromatic N) is 2. The van der Waals surface area contributed by atoms with Gasteiger partial charge in [0.1, 0.15) is 5.75 Å². The van der Waals surface area contributed by atoms with Crippen LogP contribution in [0, 0.1) is 0 Å². The summed E-state index contributed by atoms with van der Waals surface area (Å²) < 4.78 is 5.95. The number of nitrogens with one attached hydrogen (secondary N) is 2. The SMILES string of the molecule is CCOc1ccc(C(=O)Nc2nnc(SCC(=O)NCc3ccccc3Cl)s2)cc1. The number of amides is 2. The van der Waals surface area contributed by atoms with E-state index in [4.69, 9.17) is 16.3 Å². The number of aromatic nitrogens is 2. The molecule has 0 aliphatic heterocycles. The highest BCUT2D eigenvalue weighted by molar-refractivity contribution is 8.01. The lowest BCUT2D eigenvalue weighted by atomic mass is 10.2. The molecule has 10 heteroatoms. The molecule has 0 bridgehead atoms. The Kier molecular flexibility index (Phi) is 8.06. The van der Waals surface area contributed by atoms with Crippen LogP contribution in [0.2, 0.25) is 5.02 Å².